The molecule has 6 nitrogen and oxygen atoms in total. The van der Waals surface area contributed by atoms with E-state index in [0.29, 0.717) is 0 Å². The van der Waals surface area contributed by atoms with Gasteiger partial charge in [0.25, 0.3) is 0 Å². The van der Waals surface area contributed by atoms with Gasteiger partial charge in [-0.05, 0) is 6.08 Å². The molecule has 16 heavy (non-hydrogen) atoms. The summed E-state index contributed by atoms with van der Waals surface area (Å²) in [5, 5.41) is 10.9. The molecule has 2 N–H and O–H groups in total. The minimum Gasteiger partial charge on any atom is -0.393 e. The van der Waals surface area contributed by atoms with Crippen LogP contribution in [0.25, 0.3) is 0 Å². The van der Waals surface area contributed by atoms with Crippen LogP contribution in [0, 0.1) is 5.92 Å². The van der Waals surface area contributed by atoms with Gasteiger partial charge in [0, 0.05) is 10.7 Å². The fourth-order valence-electron chi connectivity index (χ4n) is 1.62. The van der Waals surface area contributed by atoms with Crippen LogP contribution in [-0.4, -0.2) is 47.4 Å². The second kappa shape index (κ2) is 4.23. The number of hydrogen-bond donors (Lipinski definition) is 2. The van der Waals surface area contributed by atoms with Crippen molar-refractivity contribution in [2.75, 3.05) is 13.2 Å². The van der Waals surface area contributed by atoms with Crippen molar-refractivity contribution < 1.29 is 23.5 Å². The number of urea groups is 1. The van der Waals surface area contributed by atoms with E-state index in [0.717, 1.165) is 4.90 Å². The lowest BCUT2D eigenvalue weighted by Gasteiger charge is -2.34. The zero-order chi connectivity index (χ0) is 14.2. The molecule has 88 valence electrons. The lowest BCUT2D eigenvalue weighted by molar-refractivity contribution is -0.127. The highest BCUT2D eigenvalue weighted by molar-refractivity contribution is 5.97. The number of rotatable bonds is 2. The lowest BCUT2D eigenvalue weighted by Crippen LogP contribution is -2.57. The Morgan fingerprint density at radius 1 is 1.69 bits per heavy atom. The first kappa shape index (κ1) is 7.81. The third-order valence-electron chi connectivity index (χ3n) is 2.48. The van der Waals surface area contributed by atoms with E-state index >= 15 is 0 Å². The molecule has 0 radical (unpaired) electrons. The average Bonchev–Trinajstić information content (AvgIpc) is 2.75. The van der Waals surface area contributed by atoms with Gasteiger partial charge in [-0.3, -0.25) is 15.0 Å². The number of ether oxygens (including phenoxy) is 1. The van der Waals surface area contributed by atoms with Gasteiger partial charge in [0.1, 0.15) is 6.10 Å². The van der Waals surface area contributed by atoms with Crippen LogP contribution in [0.5, 0.6) is 0 Å². The standard InChI is InChI=1S/C10H14N2O4/c1-6-4-12(10(15)11-9(6)14)8-3-2-7(5-13)16-8/h2-3,6-8,13H,4-5H2,1H3,(H,11,14,15)/t6?,7-,8+/m0/s1/i1+1D3. The second-order valence-electron chi connectivity index (χ2n) is 3.63. The number of carbonyl (C=O) groups is 2. The maximum absolute atomic E-state index is 11.7. The minimum absolute atomic E-state index is 0.232. The highest BCUT2D eigenvalue weighted by atomic mass is 16.5. The smallest absolute Gasteiger partial charge is 0.326 e. The molecular formula is C10H14N2O4. The van der Waals surface area contributed by atoms with Gasteiger partial charge < -0.3 is 9.84 Å². The van der Waals surface area contributed by atoms with Crippen molar-refractivity contribution >= 4 is 11.9 Å². The molecule has 0 saturated carbocycles. The van der Waals surface area contributed by atoms with Crippen LogP contribution >= 0.6 is 0 Å². The predicted molar refractivity (Wildman–Crippen MR) is 54.3 cm³/mol. The topological polar surface area (TPSA) is 78.9 Å². The molecule has 0 spiro atoms. The summed E-state index contributed by atoms with van der Waals surface area (Å²) in [6.07, 6.45) is 1.84. The summed E-state index contributed by atoms with van der Waals surface area (Å²) in [6, 6.07) is -0.696. The van der Waals surface area contributed by atoms with Gasteiger partial charge in [0.2, 0.25) is 5.91 Å². The van der Waals surface area contributed by atoms with E-state index < -0.39 is 37.0 Å². The molecule has 0 aliphatic carbocycles. The van der Waals surface area contributed by atoms with E-state index in [-0.39, 0.29) is 13.2 Å². The molecule has 2 heterocycles. The zero-order valence-electron chi connectivity index (χ0n) is 11.4. The van der Waals surface area contributed by atoms with E-state index in [9.17, 15) is 9.59 Å². The van der Waals surface area contributed by atoms with E-state index in [1.807, 2.05) is 5.32 Å². The Hall–Kier alpha value is -1.40. The van der Waals surface area contributed by atoms with Gasteiger partial charge in [-0.25, -0.2) is 4.79 Å². The van der Waals surface area contributed by atoms with Gasteiger partial charge in [0.15, 0.2) is 6.23 Å². The van der Waals surface area contributed by atoms with Crippen LogP contribution in [0.3, 0.4) is 0 Å². The molecule has 3 amide bonds. The van der Waals surface area contributed by atoms with Crippen LogP contribution in [0.2, 0.25) is 0 Å². The normalized spacial score (nSPS) is 37.9. The Labute approximate surface area is 97.1 Å². The number of hydrogen-bond acceptors (Lipinski definition) is 4. The van der Waals surface area contributed by atoms with Crippen molar-refractivity contribution in [1.29, 1.82) is 0 Å². The maximum atomic E-state index is 11.7. The first-order valence-electron chi connectivity index (χ1n) is 6.39. The predicted octanol–water partition coefficient (Wildman–Crippen LogP) is -0.552. The molecule has 6 heteroatoms. The minimum atomic E-state index is -2.48. The highest BCUT2D eigenvalue weighted by Crippen LogP contribution is 2.19. The van der Waals surface area contributed by atoms with Gasteiger partial charge >= 0.3 is 6.03 Å². The number of carbonyl (C=O) groups excluding carboxylic acids is 2. The van der Waals surface area contributed by atoms with Crippen molar-refractivity contribution in [3.05, 3.63) is 12.2 Å². The van der Waals surface area contributed by atoms with Gasteiger partial charge in [-0.2, -0.15) is 0 Å². The summed E-state index contributed by atoms with van der Waals surface area (Å²) in [7, 11) is 0. The van der Waals surface area contributed by atoms with Crippen LogP contribution in [0.1, 0.15) is 11.0 Å². The number of nitrogens with one attached hydrogen (secondary N) is 1. The first-order valence-corrected chi connectivity index (χ1v) is 4.89. The average molecular weight is 230 g/mol. The van der Waals surface area contributed by atoms with E-state index in [1.54, 1.807) is 12.2 Å². The molecule has 3 atom stereocenters. The van der Waals surface area contributed by atoms with Crippen molar-refractivity contribution in [3.63, 3.8) is 0 Å². The number of nitrogens with zero attached hydrogens (tertiary/aromatic N) is 1. The van der Waals surface area contributed by atoms with Gasteiger partial charge in [0.05, 0.1) is 12.5 Å². The molecule has 1 fully saturated rings. The fraction of sp³-hybridized carbons (Fsp3) is 0.600. The van der Waals surface area contributed by atoms with Gasteiger partial charge in [-0.15, -0.1) is 0 Å². The zero-order valence-corrected chi connectivity index (χ0v) is 8.42. The number of imide groups is 1. The fourth-order valence-corrected chi connectivity index (χ4v) is 1.62. The Balaban J connectivity index is 2.11. The summed E-state index contributed by atoms with van der Waals surface area (Å²) in [5.41, 5.74) is 0. The van der Waals surface area contributed by atoms with Crippen molar-refractivity contribution in [2.45, 2.75) is 19.2 Å². The Bertz CT molecular complexity index is 423. The van der Waals surface area contributed by atoms with Crippen LogP contribution in [0.15, 0.2) is 12.2 Å². The molecule has 1 saturated heterocycles. The van der Waals surface area contributed by atoms with E-state index in [4.69, 9.17) is 14.0 Å². The Kier molecular flexibility index (Phi) is 2.06. The largest absolute Gasteiger partial charge is 0.393 e. The van der Waals surface area contributed by atoms with Crippen LogP contribution < -0.4 is 5.32 Å². The molecule has 2 aliphatic rings. The molecule has 0 bridgehead atoms. The molecule has 0 aromatic rings. The van der Waals surface area contributed by atoms with E-state index in [2.05, 4.69) is 0 Å². The Morgan fingerprint density at radius 3 is 3.12 bits per heavy atom. The summed E-state index contributed by atoms with van der Waals surface area (Å²) in [5.74, 6) is -2.09. The van der Waals surface area contributed by atoms with Crippen molar-refractivity contribution in [2.24, 2.45) is 5.92 Å². The quantitative estimate of drug-likeness (QED) is 0.492. The molecule has 0 aromatic heterocycles. The van der Waals surface area contributed by atoms with Crippen molar-refractivity contribution in [3.8, 4) is 0 Å². The maximum Gasteiger partial charge on any atom is 0.326 e. The second-order valence-corrected chi connectivity index (χ2v) is 3.63. The molecule has 2 rings (SSSR count). The highest BCUT2D eigenvalue weighted by Gasteiger charge is 2.35. The SMILES string of the molecule is [2H][13C]([2H])([2H])C1CN([C@H]2C=C[C@@H](CO)O2)C(=O)NC1=O. The Morgan fingerprint density at radius 2 is 2.50 bits per heavy atom. The molecule has 0 aromatic carbocycles. The monoisotopic (exact) mass is 230 g/mol. The summed E-state index contributed by atoms with van der Waals surface area (Å²) in [4.78, 5) is 24.3. The summed E-state index contributed by atoms with van der Waals surface area (Å²) in [6.45, 7) is -2.96. The molecular weight excluding hydrogens is 213 g/mol. The molecule has 2 aliphatic heterocycles. The number of amides is 3. The summed E-state index contributed by atoms with van der Waals surface area (Å²) < 4.78 is 27.2. The van der Waals surface area contributed by atoms with E-state index in [1.165, 1.54) is 0 Å². The number of aliphatic hydroxyl groups is 1. The van der Waals surface area contributed by atoms with Crippen molar-refractivity contribution in [1.82, 2.24) is 10.2 Å². The first-order chi connectivity index (χ1) is 8.82. The van der Waals surface area contributed by atoms with Crippen LogP contribution in [0.4, 0.5) is 4.79 Å². The lowest BCUT2D eigenvalue weighted by atomic mass is 10.2. The third-order valence-corrected chi connectivity index (χ3v) is 2.48. The number of aliphatic hydroxyl groups excluding tert-OH is 1. The molecule has 1 unspecified atom stereocenters. The third kappa shape index (κ3) is 1.94. The van der Waals surface area contributed by atoms with Gasteiger partial charge in [-0.1, -0.05) is 12.9 Å². The van der Waals surface area contributed by atoms with Crippen LogP contribution in [-0.2, 0) is 9.53 Å². The summed E-state index contributed by atoms with van der Waals surface area (Å²) >= 11 is 0.